The Morgan fingerprint density at radius 2 is 2.30 bits per heavy atom. The first kappa shape index (κ1) is 12.7. The maximum Gasteiger partial charge on any atom is 0.323 e. The zero-order valence-electron chi connectivity index (χ0n) is 10.8. The van der Waals surface area contributed by atoms with E-state index < -0.39 is 0 Å². The maximum atomic E-state index is 12.0. The van der Waals surface area contributed by atoms with Gasteiger partial charge in [0.25, 0.3) is 0 Å². The summed E-state index contributed by atoms with van der Waals surface area (Å²) in [6, 6.07) is 5.46. The summed E-state index contributed by atoms with van der Waals surface area (Å²) in [5, 5.41) is 5.14. The molecule has 20 heavy (non-hydrogen) atoms. The van der Waals surface area contributed by atoms with Gasteiger partial charge < -0.3 is 14.4 Å². The molecule has 0 saturated carbocycles. The minimum Gasteiger partial charge on any atom is -0.454 e. The van der Waals surface area contributed by atoms with Gasteiger partial charge in [-0.15, -0.1) is 11.3 Å². The van der Waals surface area contributed by atoms with Gasteiger partial charge in [0, 0.05) is 25.2 Å². The summed E-state index contributed by atoms with van der Waals surface area (Å²) >= 11 is 1.38. The topological polar surface area (TPSA) is 63.7 Å². The molecule has 0 aliphatic carbocycles. The molecule has 0 radical (unpaired) electrons. The number of hydrogen-bond donors (Lipinski definition) is 1. The van der Waals surface area contributed by atoms with Crippen molar-refractivity contribution >= 4 is 22.5 Å². The van der Waals surface area contributed by atoms with Crippen LogP contribution in [0.15, 0.2) is 29.8 Å². The monoisotopic (exact) mass is 291 g/mol. The lowest BCUT2D eigenvalue weighted by Crippen LogP contribution is -2.30. The van der Waals surface area contributed by atoms with Crippen molar-refractivity contribution in [3.63, 3.8) is 0 Å². The number of amides is 2. The fraction of sp³-hybridized carbons (Fsp3) is 0.231. The van der Waals surface area contributed by atoms with E-state index in [2.05, 4.69) is 10.3 Å². The Bertz CT molecular complexity index is 615. The third-order valence-electron chi connectivity index (χ3n) is 2.85. The first-order valence-electron chi connectivity index (χ1n) is 6.02. The molecule has 1 aliphatic rings. The highest BCUT2D eigenvalue weighted by Crippen LogP contribution is 2.32. The quantitative estimate of drug-likeness (QED) is 0.944. The van der Waals surface area contributed by atoms with Crippen LogP contribution >= 0.6 is 11.3 Å². The number of hydrogen-bond acceptors (Lipinski definition) is 5. The number of benzene rings is 1. The fourth-order valence-electron chi connectivity index (χ4n) is 1.86. The molecule has 0 bridgehead atoms. The van der Waals surface area contributed by atoms with Crippen molar-refractivity contribution in [3.8, 4) is 11.5 Å². The average Bonchev–Trinajstić information content (AvgIpc) is 3.08. The van der Waals surface area contributed by atoms with E-state index >= 15 is 0 Å². The third-order valence-corrected chi connectivity index (χ3v) is 3.54. The van der Waals surface area contributed by atoms with Crippen molar-refractivity contribution in [2.24, 2.45) is 0 Å². The fourth-order valence-corrected chi connectivity index (χ4v) is 2.38. The molecule has 104 valence electrons. The second kappa shape index (κ2) is 5.38. The summed E-state index contributed by atoms with van der Waals surface area (Å²) in [4.78, 5) is 17.6. The molecule has 2 aromatic rings. The van der Waals surface area contributed by atoms with Crippen LogP contribution in [0.1, 0.15) is 5.56 Å². The Morgan fingerprint density at radius 1 is 1.45 bits per heavy atom. The van der Waals surface area contributed by atoms with Gasteiger partial charge in [-0.25, -0.2) is 9.78 Å². The van der Waals surface area contributed by atoms with Gasteiger partial charge in [0.05, 0.1) is 0 Å². The molecular formula is C13H13N3O3S. The number of thiazole rings is 1. The Labute approximate surface area is 120 Å². The molecule has 7 heteroatoms. The molecule has 1 aromatic carbocycles. The number of aromatic nitrogens is 1. The Hall–Kier alpha value is -2.28. The number of ether oxygens (including phenoxy) is 2. The van der Waals surface area contributed by atoms with E-state index in [1.807, 2.05) is 23.6 Å². The molecule has 0 saturated heterocycles. The van der Waals surface area contributed by atoms with E-state index in [0.29, 0.717) is 11.7 Å². The largest absolute Gasteiger partial charge is 0.454 e. The minimum absolute atomic E-state index is 0.197. The van der Waals surface area contributed by atoms with Crippen LogP contribution in [0.4, 0.5) is 9.93 Å². The number of nitrogens with one attached hydrogen (secondary N) is 1. The van der Waals surface area contributed by atoms with Gasteiger partial charge in [0.15, 0.2) is 16.6 Å². The molecule has 1 aromatic heterocycles. The third kappa shape index (κ3) is 2.67. The molecular weight excluding hydrogens is 278 g/mol. The van der Waals surface area contributed by atoms with Crippen LogP contribution in [0.2, 0.25) is 0 Å². The van der Waals surface area contributed by atoms with E-state index in [-0.39, 0.29) is 12.8 Å². The van der Waals surface area contributed by atoms with Crippen LogP contribution in [0.3, 0.4) is 0 Å². The molecule has 3 rings (SSSR count). The molecule has 1 N–H and O–H groups in total. The normalized spacial score (nSPS) is 12.2. The van der Waals surface area contributed by atoms with E-state index in [1.54, 1.807) is 18.1 Å². The standard InChI is InChI=1S/C13H13N3O3S/c1-16(13(17)15-12-14-4-5-20-12)7-9-2-3-10-11(6-9)19-8-18-10/h2-6H,7-8H2,1H3,(H,14,15,17). The molecule has 6 nitrogen and oxygen atoms in total. The van der Waals surface area contributed by atoms with Crippen molar-refractivity contribution in [1.82, 2.24) is 9.88 Å². The van der Waals surface area contributed by atoms with Crippen LogP contribution in [-0.2, 0) is 6.54 Å². The van der Waals surface area contributed by atoms with Crippen LogP contribution in [0.25, 0.3) is 0 Å². The number of anilines is 1. The Morgan fingerprint density at radius 3 is 3.10 bits per heavy atom. The van der Waals surface area contributed by atoms with Gasteiger partial charge in [-0.05, 0) is 17.7 Å². The highest BCUT2D eigenvalue weighted by molar-refractivity contribution is 7.13. The number of nitrogens with zero attached hydrogens (tertiary/aromatic N) is 2. The van der Waals surface area contributed by atoms with E-state index in [4.69, 9.17) is 9.47 Å². The number of rotatable bonds is 3. The molecule has 0 atom stereocenters. The second-order valence-electron chi connectivity index (χ2n) is 4.31. The predicted octanol–water partition coefficient (Wildman–Crippen LogP) is 2.54. The lowest BCUT2D eigenvalue weighted by atomic mass is 10.2. The van der Waals surface area contributed by atoms with Crippen molar-refractivity contribution in [2.75, 3.05) is 19.2 Å². The number of carbonyl (C=O) groups excluding carboxylic acids is 1. The van der Waals surface area contributed by atoms with Crippen LogP contribution < -0.4 is 14.8 Å². The summed E-state index contributed by atoms with van der Waals surface area (Å²) in [6.45, 7) is 0.729. The molecule has 2 amide bonds. The van der Waals surface area contributed by atoms with Crippen LogP contribution in [0, 0.1) is 0 Å². The average molecular weight is 291 g/mol. The van der Waals surface area contributed by atoms with Crippen molar-refractivity contribution in [1.29, 1.82) is 0 Å². The number of carbonyl (C=O) groups is 1. The van der Waals surface area contributed by atoms with Crippen LogP contribution in [-0.4, -0.2) is 29.8 Å². The molecule has 1 aliphatic heterocycles. The van der Waals surface area contributed by atoms with Gasteiger partial charge in [0.2, 0.25) is 6.79 Å². The summed E-state index contributed by atoms with van der Waals surface area (Å²) in [5.41, 5.74) is 0.978. The molecule has 0 unspecified atom stereocenters. The summed E-state index contributed by atoms with van der Waals surface area (Å²) in [6.07, 6.45) is 1.65. The van der Waals surface area contributed by atoms with Gasteiger partial charge in [-0.2, -0.15) is 0 Å². The predicted molar refractivity (Wildman–Crippen MR) is 75.2 cm³/mol. The molecule has 2 heterocycles. The summed E-state index contributed by atoms with van der Waals surface area (Å²) in [7, 11) is 1.73. The maximum absolute atomic E-state index is 12.0. The highest BCUT2D eigenvalue weighted by Gasteiger charge is 2.15. The smallest absolute Gasteiger partial charge is 0.323 e. The summed E-state index contributed by atoms with van der Waals surface area (Å²) in [5.74, 6) is 1.46. The number of fused-ring (bicyclic) bond motifs is 1. The van der Waals surface area contributed by atoms with Gasteiger partial charge in [0.1, 0.15) is 0 Å². The molecule has 0 spiro atoms. The van der Waals surface area contributed by atoms with E-state index in [1.165, 1.54) is 11.3 Å². The highest BCUT2D eigenvalue weighted by atomic mass is 32.1. The Kier molecular flexibility index (Phi) is 3.42. The van der Waals surface area contributed by atoms with E-state index in [9.17, 15) is 4.79 Å². The second-order valence-corrected chi connectivity index (χ2v) is 5.21. The van der Waals surface area contributed by atoms with Crippen LogP contribution in [0.5, 0.6) is 11.5 Å². The Balaban J connectivity index is 1.63. The van der Waals surface area contributed by atoms with Gasteiger partial charge >= 0.3 is 6.03 Å². The molecule has 0 fully saturated rings. The zero-order chi connectivity index (χ0) is 13.9. The van der Waals surface area contributed by atoms with Gasteiger partial charge in [-0.1, -0.05) is 6.07 Å². The van der Waals surface area contributed by atoms with Crippen molar-refractivity contribution in [3.05, 3.63) is 35.3 Å². The lowest BCUT2D eigenvalue weighted by Gasteiger charge is -2.17. The van der Waals surface area contributed by atoms with E-state index in [0.717, 1.165) is 17.1 Å². The first-order valence-corrected chi connectivity index (χ1v) is 6.90. The number of urea groups is 1. The zero-order valence-corrected chi connectivity index (χ0v) is 11.6. The van der Waals surface area contributed by atoms with Crippen molar-refractivity contribution in [2.45, 2.75) is 6.54 Å². The van der Waals surface area contributed by atoms with Crippen molar-refractivity contribution < 1.29 is 14.3 Å². The lowest BCUT2D eigenvalue weighted by molar-refractivity contribution is 0.174. The minimum atomic E-state index is -0.197. The SMILES string of the molecule is CN(Cc1ccc2c(c1)OCO2)C(=O)Nc1nccs1. The summed E-state index contributed by atoms with van der Waals surface area (Å²) < 4.78 is 10.6. The van der Waals surface area contributed by atoms with Gasteiger partial charge in [-0.3, -0.25) is 5.32 Å². The first-order chi connectivity index (χ1) is 9.72.